The van der Waals surface area contributed by atoms with Gasteiger partial charge in [0.15, 0.2) is 0 Å². The van der Waals surface area contributed by atoms with Gasteiger partial charge in [-0.15, -0.1) is 0 Å². The van der Waals surface area contributed by atoms with Crippen molar-refractivity contribution in [1.82, 2.24) is 0 Å². The molecule has 0 saturated heterocycles. The second-order valence-electron chi connectivity index (χ2n) is 14.1. The zero-order valence-corrected chi connectivity index (χ0v) is 33.2. The summed E-state index contributed by atoms with van der Waals surface area (Å²) < 4.78 is 33.2. The lowest BCUT2D eigenvalue weighted by molar-refractivity contribution is -0.154. The molecular formula is C39H78NO9P. The van der Waals surface area contributed by atoms with Gasteiger partial charge in [0.25, 0.3) is 0 Å². The molecule has 0 aliphatic carbocycles. The van der Waals surface area contributed by atoms with Crippen LogP contribution in [0.2, 0.25) is 0 Å². The number of carboxylic acid groups (broad SMARTS) is 1. The van der Waals surface area contributed by atoms with Gasteiger partial charge in [-0.05, 0) is 12.8 Å². The number of hydrogen-bond acceptors (Lipinski definition) is 8. The molecule has 0 bridgehead atoms. The van der Waals surface area contributed by atoms with E-state index >= 15 is 0 Å². The number of phosphoric acid groups is 1. The van der Waals surface area contributed by atoms with Crippen molar-refractivity contribution in [2.45, 2.75) is 212 Å². The van der Waals surface area contributed by atoms with Crippen molar-refractivity contribution >= 4 is 19.8 Å². The predicted molar refractivity (Wildman–Crippen MR) is 203 cm³/mol. The highest BCUT2D eigenvalue weighted by atomic mass is 31.2. The first-order valence-corrected chi connectivity index (χ1v) is 22.1. The maximum atomic E-state index is 12.5. The summed E-state index contributed by atoms with van der Waals surface area (Å²) >= 11 is 0. The molecular weight excluding hydrogens is 657 g/mol. The minimum Gasteiger partial charge on any atom is -0.480 e. The van der Waals surface area contributed by atoms with E-state index in [4.69, 9.17) is 29.4 Å². The Hall–Kier alpha value is -1.03. The summed E-state index contributed by atoms with van der Waals surface area (Å²) in [5, 5.41) is 8.87. The van der Waals surface area contributed by atoms with E-state index in [1.807, 2.05) is 0 Å². The van der Waals surface area contributed by atoms with E-state index in [-0.39, 0.29) is 13.0 Å². The van der Waals surface area contributed by atoms with Crippen LogP contribution in [0.15, 0.2) is 0 Å². The molecule has 3 atom stereocenters. The molecule has 0 spiro atoms. The van der Waals surface area contributed by atoms with Gasteiger partial charge in [0.1, 0.15) is 12.1 Å². The Morgan fingerprint density at radius 1 is 0.560 bits per heavy atom. The molecule has 298 valence electrons. The fourth-order valence-electron chi connectivity index (χ4n) is 5.90. The first-order valence-electron chi connectivity index (χ1n) is 20.6. The van der Waals surface area contributed by atoms with E-state index in [0.29, 0.717) is 6.61 Å². The fourth-order valence-corrected chi connectivity index (χ4v) is 6.68. The number of carbonyl (C=O) groups is 2. The van der Waals surface area contributed by atoms with Gasteiger partial charge in [-0.3, -0.25) is 18.6 Å². The van der Waals surface area contributed by atoms with Gasteiger partial charge in [0.05, 0.1) is 19.8 Å². The van der Waals surface area contributed by atoms with Crippen molar-refractivity contribution in [2.24, 2.45) is 5.73 Å². The Labute approximate surface area is 306 Å². The summed E-state index contributed by atoms with van der Waals surface area (Å²) in [5.41, 5.74) is 5.34. The van der Waals surface area contributed by atoms with E-state index in [2.05, 4.69) is 13.8 Å². The van der Waals surface area contributed by atoms with Crippen LogP contribution in [0.1, 0.15) is 200 Å². The second-order valence-corrected chi connectivity index (χ2v) is 15.6. The van der Waals surface area contributed by atoms with Gasteiger partial charge in [-0.2, -0.15) is 0 Å². The molecule has 0 saturated carbocycles. The smallest absolute Gasteiger partial charge is 0.472 e. The number of carbonyl (C=O) groups excluding carboxylic acids is 1. The number of rotatable bonds is 40. The molecule has 10 nitrogen and oxygen atoms in total. The van der Waals surface area contributed by atoms with Gasteiger partial charge in [0, 0.05) is 13.0 Å². The van der Waals surface area contributed by atoms with Crippen LogP contribution in [0, 0.1) is 0 Å². The molecule has 0 fully saturated rings. The highest BCUT2D eigenvalue weighted by molar-refractivity contribution is 7.47. The van der Waals surface area contributed by atoms with E-state index in [0.717, 1.165) is 38.5 Å². The fraction of sp³-hybridized carbons (Fsp3) is 0.949. The monoisotopic (exact) mass is 736 g/mol. The SMILES string of the molecule is CCCCCCCCCCCCCCCCCCCCOC[C@H](COP(=O)(O)OC[C@H](N)C(=O)O)OC(=O)CCCCCCCCCCCC. The number of hydrogen-bond donors (Lipinski definition) is 3. The second kappa shape index (κ2) is 36.3. The van der Waals surface area contributed by atoms with E-state index in [1.165, 1.54) is 141 Å². The molecule has 0 rings (SSSR count). The molecule has 0 amide bonds. The number of esters is 1. The van der Waals surface area contributed by atoms with Crippen LogP contribution in [0.3, 0.4) is 0 Å². The van der Waals surface area contributed by atoms with Crippen LogP contribution in [0.5, 0.6) is 0 Å². The minimum absolute atomic E-state index is 0.0252. The zero-order valence-electron chi connectivity index (χ0n) is 32.3. The lowest BCUT2D eigenvalue weighted by Crippen LogP contribution is -2.34. The highest BCUT2D eigenvalue weighted by Crippen LogP contribution is 2.43. The number of nitrogens with two attached hydrogens (primary N) is 1. The Bertz CT molecular complexity index is 816. The van der Waals surface area contributed by atoms with Crippen molar-refractivity contribution in [3.8, 4) is 0 Å². The lowest BCUT2D eigenvalue weighted by atomic mass is 10.0. The maximum absolute atomic E-state index is 12.5. The van der Waals surface area contributed by atoms with Gasteiger partial charge >= 0.3 is 19.8 Å². The third-order valence-corrected chi connectivity index (χ3v) is 10.1. The molecule has 50 heavy (non-hydrogen) atoms. The van der Waals surface area contributed by atoms with E-state index in [1.54, 1.807) is 0 Å². The molecule has 4 N–H and O–H groups in total. The number of phosphoric ester groups is 1. The molecule has 0 heterocycles. The molecule has 0 aromatic rings. The summed E-state index contributed by atoms with van der Waals surface area (Å²) in [6.45, 7) is 3.90. The number of unbranched alkanes of at least 4 members (excludes halogenated alkanes) is 26. The Morgan fingerprint density at radius 2 is 0.920 bits per heavy atom. The minimum atomic E-state index is -4.60. The molecule has 1 unspecified atom stereocenters. The Balaban J connectivity index is 4.15. The molecule has 0 radical (unpaired) electrons. The summed E-state index contributed by atoms with van der Waals surface area (Å²) in [6, 6.07) is -1.47. The zero-order chi connectivity index (χ0) is 37.0. The number of carboxylic acids is 1. The van der Waals surface area contributed by atoms with Crippen molar-refractivity contribution in [3.05, 3.63) is 0 Å². The van der Waals surface area contributed by atoms with Crippen LogP contribution in [-0.4, -0.2) is 60.5 Å². The third-order valence-electron chi connectivity index (χ3n) is 9.14. The average molecular weight is 736 g/mol. The summed E-state index contributed by atoms with van der Waals surface area (Å²) in [5.74, 6) is -1.77. The quantitative estimate of drug-likeness (QED) is 0.0314. The van der Waals surface area contributed by atoms with Crippen molar-refractivity contribution in [1.29, 1.82) is 0 Å². The lowest BCUT2D eigenvalue weighted by Gasteiger charge is -2.20. The maximum Gasteiger partial charge on any atom is 0.472 e. The molecule has 11 heteroatoms. The largest absolute Gasteiger partial charge is 0.480 e. The standard InChI is InChI=1S/C39H78NO9P/c1-3-5-7-9-11-13-15-16-17-18-19-20-21-22-24-26-28-30-32-46-33-36(34-47-50(44,45)48-35-37(40)39(42)43)49-38(41)31-29-27-25-23-14-12-10-8-6-4-2/h36-37H,3-35,40H2,1-2H3,(H,42,43)(H,44,45)/t36-,37+/m1/s1. The predicted octanol–water partition coefficient (Wildman–Crippen LogP) is 10.8. The van der Waals surface area contributed by atoms with Gasteiger partial charge in [-0.25, -0.2) is 4.57 Å². The summed E-state index contributed by atoms with van der Waals surface area (Å²) in [6.07, 6.45) is 34.4. The molecule has 0 aliphatic heterocycles. The van der Waals surface area contributed by atoms with Gasteiger partial charge in [0.2, 0.25) is 0 Å². The van der Waals surface area contributed by atoms with Crippen molar-refractivity contribution in [3.63, 3.8) is 0 Å². The van der Waals surface area contributed by atoms with Crippen LogP contribution in [0.25, 0.3) is 0 Å². The first-order chi connectivity index (χ1) is 24.2. The Morgan fingerprint density at radius 3 is 1.32 bits per heavy atom. The number of aliphatic carboxylic acids is 1. The molecule has 0 aromatic carbocycles. The van der Waals surface area contributed by atoms with Crippen molar-refractivity contribution in [2.75, 3.05) is 26.4 Å². The summed E-state index contributed by atoms with van der Waals surface area (Å²) in [7, 11) is -4.60. The van der Waals surface area contributed by atoms with Crippen LogP contribution in [0.4, 0.5) is 0 Å². The van der Waals surface area contributed by atoms with E-state index in [9.17, 15) is 19.0 Å². The first kappa shape index (κ1) is 49.0. The molecule has 0 aliphatic rings. The van der Waals surface area contributed by atoms with Crippen LogP contribution < -0.4 is 5.73 Å². The van der Waals surface area contributed by atoms with Crippen LogP contribution >= 0.6 is 7.82 Å². The van der Waals surface area contributed by atoms with E-state index < -0.39 is 45.1 Å². The van der Waals surface area contributed by atoms with Gasteiger partial charge in [-0.1, -0.05) is 181 Å². The topological polar surface area (TPSA) is 155 Å². The van der Waals surface area contributed by atoms with Crippen molar-refractivity contribution < 1.29 is 42.7 Å². The Kier molecular flexibility index (Phi) is 35.6. The number of ether oxygens (including phenoxy) is 2. The highest BCUT2D eigenvalue weighted by Gasteiger charge is 2.27. The third kappa shape index (κ3) is 35.4. The molecule has 0 aromatic heterocycles. The average Bonchev–Trinajstić information content (AvgIpc) is 3.09. The summed E-state index contributed by atoms with van der Waals surface area (Å²) in [4.78, 5) is 33.4. The normalized spacial score (nSPS) is 14.0. The van der Waals surface area contributed by atoms with Crippen LogP contribution in [-0.2, 0) is 32.7 Å². The van der Waals surface area contributed by atoms with Gasteiger partial charge < -0.3 is 25.2 Å².